The van der Waals surface area contributed by atoms with E-state index in [2.05, 4.69) is 4.98 Å². The summed E-state index contributed by atoms with van der Waals surface area (Å²) in [5, 5.41) is 0. The number of hydrogen-bond acceptors (Lipinski definition) is 3. The van der Waals surface area contributed by atoms with E-state index in [1.54, 1.807) is 11.3 Å². The SMILES string of the molecule is CCOC(=O)c1nc2ccccn2c1CCl. The zero-order valence-electron chi connectivity index (χ0n) is 8.81. The summed E-state index contributed by atoms with van der Waals surface area (Å²) < 4.78 is 6.72. The van der Waals surface area contributed by atoms with Crippen LogP contribution in [0.3, 0.4) is 0 Å². The van der Waals surface area contributed by atoms with E-state index < -0.39 is 5.97 Å². The van der Waals surface area contributed by atoms with Crippen molar-refractivity contribution in [3.05, 3.63) is 35.8 Å². The van der Waals surface area contributed by atoms with E-state index in [1.807, 2.05) is 24.4 Å². The summed E-state index contributed by atoms with van der Waals surface area (Å²) in [5.41, 5.74) is 1.65. The maximum atomic E-state index is 11.6. The molecular weight excluding hydrogens is 228 g/mol. The molecule has 0 saturated carbocycles. The molecule has 2 aromatic heterocycles. The monoisotopic (exact) mass is 238 g/mol. The first kappa shape index (κ1) is 11.0. The molecule has 0 aliphatic rings. The van der Waals surface area contributed by atoms with Crippen molar-refractivity contribution in [3.63, 3.8) is 0 Å². The van der Waals surface area contributed by atoms with Gasteiger partial charge in [-0.3, -0.25) is 0 Å². The molecule has 0 aromatic carbocycles. The Kier molecular flexibility index (Phi) is 3.10. The summed E-state index contributed by atoms with van der Waals surface area (Å²) >= 11 is 5.83. The van der Waals surface area contributed by atoms with E-state index in [9.17, 15) is 4.79 Å². The van der Waals surface area contributed by atoms with Gasteiger partial charge in [0.05, 0.1) is 18.2 Å². The van der Waals surface area contributed by atoms with E-state index in [0.29, 0.717) is 23.6 Å². The van der Waals surface area contributed by atoms with Crippen molar-refractivity contribution in [1.82, 2.24) is 9.38 Å². The Bertz CT molecular complexity index is 522. The lowest BCUT2D eigenvalue weighted by Crippen LogP contribution is -2.08. The topological polar surface area (TPSA) is 43.6 Å². The minimum Gasteiger partial charge on any atom is -0.461 e. The fourth-order valence-corrected chi connectivity index (χ4v) is 1.79. The van der Waals surface area contributed by atoms with Crippen molar-refractivity contribution in [2.45, 2.75) is 12.8 Å². The van der Waals surface area contributed by atoms with E-state index in [1.165, 1.54) is 0 Å². The molecule has 16 heavy (non-hydrogen) atoms. The van der Waals surface area contributed by atoms with E-state index in [4.69, 9.17) is 16.3 Å². The lowest BCUT2D eigenvalue weighted by molar-refractivity contribution is 0.0519. The number of nitrogens with zero attached hydrogens (tertiary/aromatic N) is 2. The number of ether oxygens (including phenoxy) is 1. The van der Waals surface area contributed by atoms with Crippen molar-refractivity contribution in [3.8, 4) is 0 Å². The fourth-order valence-electron chi connectivity index (χ4n) is 1.54. The van der Waals surface area contributed by atoms with Gasteiger partial charge in [0.1, 0.15) is 5.65 Å². The van der Waals surface area contributed by atoms with Crippen molar-refractivity contribution in [2.24, 2.45) is 0 Å². The Morgan fingerprint density at radius 3 is 3.06 bits per heavy atom. The molecule has 0 atom stereocenters. The predicted octanol–water partition coefficient (Wildman–Crippen LogP) is 2.25. The number of carbonyl (C=O) groups is 1. The Morgan fingerprint density at radius 1 is 1.56 bits per heavy atom. The molecule has 2 aromatic rings. The molecule has 0 aliphatic heterocycles. The van der Waals surface area contributed by atoms with Crippen molar-refractivity contribution < 1.29 is 9.53 Å². The summed E-state index contributed by atoms with van der Waals surface area (Å²) in [6.45, 7) is 2.09. The third-order valence-electron chi connectivity index (χ3n) is 2.22. The van der Waals surface area contributed by atoms with Crippen molar-refractivity contribution >= 4 is 23.2 Å². The highest BCUT2D eigenvalue weighted by Gasteiger charge is 2.18. The highest BCUT2D eigenvalue weighted by Crippen LogP contribution is 2.15. The van der Waals surface area contributed by atoms with Crippen LogP contribution in [0, 0.1) is 0 Å². The van der Waals surface area contributed by atoms with Crippen LogP contribution in [0.25, 0.3) is 5.65 Å². The molecule has 0 aliphatic carbocycles. The number of aromatic nitrogens is 2. The van der Waals surface area contributed by atoms with Gasteiger partial charge in [-0.2, -0.15) is 0 Å². The maximum absolute atomic E-state index is 11.6. The minimum absolute atomic E-state index is 0.222. The number of fused-ring (bicyclic) bond motifs is 1. The molecule has 84 valence electrons. The van der Waals surface area contributed by atoms with Gasteiger partial charge in [0, 0.05) is 6.20 Å². The predicted molar refractivity (Wildman–Crippen MR) is 60.7 cm³/mol. The van der Waals surface area contributed by atoms with Gasteiger partial charge in [-0.15, -0.1) is 11.6 Å². The molecule has 0 spiro atoms. The number of pyridine rings is 1. The van der Waals surface area contributed by atoms with Crippen molar-refractivity contribution in [2.75, 3.05) is 6.61 Å². The average molecular weight is 239 g/mol. The third kappa shape index (κ3) is 1.76. The molecule has 0 radical (unpaired) electrons. The molecule has 0 N–H and O–H groups in total. The zero-order valence-corrected chi connectivity index (χ0v) is 9.57. The normalized spacial score (nSPS) is 10.6. The molecule has 0 fully saturated rings. The summed E-state index contributed by atoms with van der Waals surface area (Å²) in [7, 11) is 0. The van der Waals surface area contributed by atoms with Gasteiger partial charge >= 0.3 is 5.97 Å². The van der Waals surface area contributed by atoms with Crippen LogP contribution in [0.5, 0.6) is 0 Å². The van der Waals surface area contributed by atoms with Gasteiger partial charge in [0.15, 0.2) is 5.69 Å². The second-order valence-corrected chi connectivity index (χ2v) is 3.46. The minimum atomic E-state index is -0.429. The Hall–Kier alpha value is -1.55. The number of hydrogen-bond donors (Lipinski definition) is 0. The first-order valence-corrected chi connectivity index (χ1v) is 5.50. The van der Waals surface area contributed by atoms with Gasteiger partial charge in [-0.25, -0.2) is 9.78 Å². The first-order chi connectivity index (χ1) is 7.77. The average Bonchev–Trinajstić information content (AvgIpc) is 2.67. The molecule has 0 amide bonds. The molecule has 0 saturated heterocycles. The Morgan fingerprint density at radius 2 is 2.38 bits per heavy atom. The van der Waals surface area contributed by atoms with Gasteiger partial charge < -0.3 is 9.14 Å². The number of carbonyl (C=O) groups excluding carboxylic acids is 1. The van der Waals surface area contributed by atoms with Gasteiger partial charge in [-0.1, -0.05) is 6.07 Å². The van der Waals surface area contributed by atoms with Crippen LogP contribution >= 0.6 is 11.6 Å². The first-order valence-electron chi connectivity index (χ1n) is 4.97. The number of imidazole rings is 1. The molecule has 4 nitrogen and oxygen atoms in total. The van der Waals surface area contributed by atoms with Crippen LogP contribution in [0.15, 0.2) is 24.4 Å². The van der Waals surface area contributed by atoms with Crippen LogP contribution < -0.4 is 0 Å². The third-order valence-corrected chi connectivity index (χ3v) is 2.48. The number of rotatable bonds is 3. The molecule has 5 heteroatoms. The molecular formula is C11H11ClN2O2. The van der Waals surface area contributed by atoms with Crippen LogP contribution in [0.4, 0.5) is 0 Å². The molecule has 0 unspecified atom stereocenters. The second kappa shape index (κ2) is 4.53. The lowest BCUT2D eigenvalue weighted by atomic mass is 10.3. The van der Waals surface area contributed by atoms with Gasteiger partial charge in [0.2, 0.25) is 0 Å². The summed E-state index contributed by atoms with van der Waals surface area (Å²) in [6, 6.07) is 5.54. The lowest BCUT2D eigenvalue weighted by Gasteiger charge is -2.00. The highest BCUT2D eigenvalue weighted by molar-refractivity contribution is 6.17. The highest BCUT2D eigenvalue weighted by atomic mass is 35.5. The standard InChI is InChI=1S/C11H11ClN2O2/c1-2-16-11(15)10-8(7-12)14-6-4-3-5-9(14)13-10/h3-6H,2,7H2,1H3. The Labute approximate surface area is 97.8 Å². The van der Waals surface area contributed by atoms with E-state index in [-0.39, 0.29) is 5.88 Å². The Balaban J connectivity index is 2.56. The van der Waals surface area contributed by atoms with E-state index >= 15 is 0 Å². The van der Waals surface area contributed by atoms with Crippen LogP contribution in [-0.4, -0.2) is 22.0 Å². The molecule has 2 heterocycles. The largest absolute Gasteiger partial charge is 0.461 e. The molecule has 0 bridgehead atoms. The van der Waals surface area contributed by atoms with Gasteiger partial charge in [-0.05, 0) is 19.1 Å². The summed E-state index contributed by atoms with van der Waals surface area (Å²) in [4.78, 5) is 15.8. The fraction of sp³-hybridized carbons (Fsp3) is 0.273. The smallest absolute Gasteiger partial charge is 0.358 e. The van der Waals surface area contributed by atoms with Crippen LogP contribution in [-0.2, 0) is 10.6 Å². The molecule has 2 rings (SSSR count). The van der Waals surface area contributed by atoms with Crippen LogP contribution in [0.1, 0.15) is 23.1 Å². The zero-order chi connectivity index (χ0) is 11.5. The maximum Gasteiger partial charge on any atom is 0.358 e. The van der Waals surface area contributed by atoms with Gasteiger partial charge in [0.25, 0.3) is 0 Å². The van der Waals surface area contributed by atoms with E-state index in [0.717, 1.165) is 0 Å². The number of esters is 1. The van der Waals surface area contributed by atoms with Crippen molar-refractivity contribution in [1.29, 1.82) is 0 Å². The number of alkyl halides is 1. The number of halogens is 1. The summed E-state index contributed by atoms with van der Waals surface area (Å²) in [5.74, 6) is -0.207. The van der Waals surface area contributed by atoms with Crippen LogP contribution in [0.2, 0.25) is 0 Å². The second-order valence-electron chi connectivity index (χ2n) is 3.19. The summed E-state index contributed by atoms with van der Waals surface area (Å²) in [6.07, 6.45) is 1.82. The quantitative estimate of drug-likeness (QED) is 0.609.